The summed E-state index contributed by atoms with van der Waals surface area (Å²) >= 11 is 0. The third-order valence-corrected chi connectivity index (χ3v) is 5.75. The average Bonchev–Trinajstić information content (AvgIpc) is 2.78. The van der Waals surface area contributed by atoms with Crippen molar-refractivity contribution >= 4 is 22.6 Å². The van der Waals surface area contributed by atoms with Gasteiger partial charge in [-0.05, 0) is 42.0 Å². The molecule has 0 unspecified atom stereocenters. The van der Waals surface area contributed by atoms with Crippen LogP contribution in [0.5, 0.6) is 5.75 Å². The van der Waals surface area contributed by atoms with Gasteiger partial charge < -0.3 is 15.3 Å². The zero-order valence-corrected chi connectivity index (χ0v) is 17.6. The first kappa shape index (κ1) is 20.5. The molecule has 0 spiro atoms. The number of piperidine rings is 1. The number of aromatic nitrogens is 3. The summed E-state index contributed by atoms with van der Waals surface area (Å²) in [6.45, 7) is 6.65. The van der Waals surface area contributed by atoms with E-state index in [2.05, 4.69) is 39.0 Å². The van der Waals surface area contributed by atoms with Crippen molar-refractivity contribution in [2.24, 2.45) is 5.41 Å². The highest BCUT2D eigenvalue weighted by molar-refractivity contribution is 6.00. The van der Waals surface area contributed by atoms with Gasteiger partial charge >= 0.3 is 0 Å². The quantitative estimate of drug-likeness (QED) is 0.671. The molecule has 8 heteroatoms. The summed E-state index contributed by atoms with van der Waals surface area (Å²) in [6, 6.07) is 8.91. The van der Waals surface area contributed by atoms with Crippen LogP contribution >= 0.6 is 0 Å². The first-order chi connectivity index (χ1) is 14.9. The minimum atomic E-state index is -0.494. The number of fused-ring (bicyclic) bond motifs is 1. The van der Waals surface area contributed by atoms with E-state index in [1.165, 1.54) is 12.4 Å². The predicted molar refractivity (Wildman–Crippen MR) is 117 cm³/mol. The van der Waals surface area contributed by atoms with Crippen LogP contribution in [-0.2, 0) is 6.54 Å². The topological polar surface area (TPSA) is 115 Å². The Hall–Kier alpha value is -3.73. The Bertz CT molecular complexity index is 1160. The fourth-order valence-electron chi connectivity index (χ4n) is 3.62. The van der Waals surface area contributed by atoms with Crippen LogP contribution in [0.25, 0.3) is 10.9 Å². The maximum Gasteiger partial charge on any atom is 0.274 e. The van der Waals surface area contributed by atoms with Gasteiger partial charge in [-0.3, -0.25) is 4.79 Å². The van der Waals surface area contributed by atoms with Gasteiger partial charge in [0.2, 0.25) is 0 Å². The average molecular weight is 416 g/mol. The Balaban J connectivity index is 1.49. The molecule has 4 rings (SSSR count). The van der Waals surface area contributed by atoms with Crippen LogP contribution in [0.15, 0.2) is 36.7 Å². The van der Waals surface area contributed by atoms with Gasteiger partial charge in [-0.2, -0.15) is 5.26 Å². The normalized spacial score (nSPS) is 15.5. The number of nitriles is 1. The summed E-state index contributed by atoms with van der Waals surface area (Å²) in [5.74, 6) is 0.174. The van der Waals surface area contributed by atoms with Crippen molar-refractivity contribution in [3.8, 4) is 11.8 Å². The standard InChI is InChI=1S/C23H24N6O2/c1-23(2)7-9-29(10-8-23)19-6-5-17-18(28-19)14-26-20(21(17)30)22(31)27-13-15-3-4-16(11-24)25-12-15/h3-6,12,14,30H,7-10,13H2,1-2H3,(H,27,31). The molecule has 1 fully saturated rings. The van der Waals surface area contributed by atoms with Crippen LogP contribution in [0.1, 0.15) is 48.4 Å². The fourth-order valence-corrected chi connectivity index (χ4v) is 3.62. The van der Waals surface area contributed by atoms with Crippen molar-refractivity contribution in [2.45, 2.75) is 33.2 Å². The molecule has 1 saturated heterocycles. The number of carbonyl (C=O) groups excluding carboxylic acids is 1. The number of carbonyl (C=O) groups is 1. The van der Waals surface area contributed by atoms with Crippen molar-refractivity contribution in [2.75, 3.05) is 18.0 Å². The summed E-state index contributed by atoms with van der Waals surface area (Å²) in [5.41, 5.74) is 1.90. The Morgan fingerprint density at radius 3 is 2.65 bits per heavy atom. The van der Waals surface area contributed by atoms with Crippen molar-refractivity contribution in [1.29, 1.82) is 5.26 Å². The maximum atomic E-state index is 12.5. The number of amides is 1. The second kappa shape index (κ2) is 8.19. The van der Waals surface area contributed by atoms with Crippen molar-refractivity contribution in [3.63, 3.8) is 0 Å². The molecule has 0 atom stereocenters. The van der Waals surface area contributed by atoms with Crippen LogP contribution in [0.2, 0.25) is 0 Å². The molecule has 3 aromatic rings. The summed E-state index contributed by atoms with van der Waals surface area (Å²) in [7, 11) is 0. The highest BCUT2D eigenvalue weighted by atomic mass is 16.3. The number of rotatable bonds is 4. The highest BCUT2D eigenvalue weighted by Gasteiger charge is 2.26. The van der Waals surface area contributed by atoms with Crippen LogP contribution in [-0.4, -0.2) is 39.1 Å². The van der Waals surface area contributed by atoms with E-state index in [0.717, 1.165) is 37.3 Å². The van der Waals surface area contributed by atoms with Crippen molar-refractivity contribution < 1.29 is 9.90 Å². The molecule has 0 aromatic carbocycles. The molecule has 2 N–H and O–H groups in total. The molecular formula is C23H24N6O2. The lowest BCUT2D eigenvalue weighted by Gasteiger charge is -2.37. The lowest BCUT2D eigenvalue weighted by molar-refractivity contribution is 0.0943. The molecule has 1 aliphatic rings. The number of anilines is 1. The third kappa shape index (κ3) is 4.40. The Labute approximate surface area is 180 Å². The lowest BCUT2D eigenvalue weighted by Crippen LogP contribution is -2.37. The van der Waals surface area contributed by atoms with E-state index >= 15 is 0 Å². The maximum absolute atomic E-state index is 12.5. The molecular weight excluding hydrogens is 392 g/mol. The fraction of sp³-hybridized carbons (Fsp3) is 0.348. The Kier molecular flexibility index (Phi) is 5.42. The summed E-state index contributed by atoms with van der Waals surface area (Å²) in [5, 5.41) is 22.6. The molecule has 0 aliphatic carbocycles. The minimum Gasteiger partial charge on any atom is -0.505 e. The zero-order chi connectivity index (χ0) is 22.0. The molecule has 3 aromatic heterocycles. The SMILES string of the molecule is CC1(C)CCN(c2ccc3c(O)c(C(=O)NCc4ccc(C#N)nc4)ncc3n2)CC1. The molecule has 1 aliphatic heterocycles. The van der Waals surface area contributed by atoms with Gasteiger partial charge in [0.15, 0.2) is 11.4 Å². The van der Waals surface area contributed by atoms with Gasteiger partial charge in [0.1, 0.15) is 17.6 Å². The molecule has 0 bridgehead atoms. The highest BCUT2D eigenvalue weighted by Crippen LogP contribution is 2.33. The van der Waals surface area contributed by atoms with Gasteiger partial charge in [0.25, 0.3) is 5.91 Å². The lowest BCUT2D eigenvalue weighted by atomic mass is 9.83. The molecule has 4 heterocycles. The number of hydrogen-bond acceptors (Lipinski definition) is 7. The Morgan fingerprint density at radius 1 is 1.19 bits per heavy atom. The number of aromatic hydroxyl groups is 1. The predicted octanol–water partition coefficient (Wildman–Crippen LogP) is 3.16. The van der Waals surface area contributed by atoms with Gasteiger partial charge in [0, 0.05) is 31.2 Å². The van der Waals surface area contributed by atoms with Gasteiger partial charge in [-0.25, -0.2) is 15.0 Å². The van der Waals surface area contributed by atoms with Gasteiger partial charge in [-0.15, -0.1) is 0 Å². The number of nitrogens with zero attached hydrogens (tertiary/aromatic N) is 5. The molecule has 0 radical (unpaired) electrons. The molecule has 1 amide bonds. The smallest absolute Gasteiger partial charge is 0.274 e. The monoisotopic (exact) mass is 416 g/mol. The molecule has 0 saturated carbocycles. The minimum absolute atomic E-state index is 0.0524. The number of pyridine rings is 3. The van der Waals surface area contributed by atoms with E-state index in [-0.39, 0.29) is 18.0 Å². The first-order valence-electron chi connectivity index (χ1n) is 10.2. The van der Waals surface area contributed by atoms with E-state index in [4.69, 9.17) is 5.26 Å². The first-order valence-corrected chi connectivity index (χ1v) is 10.2. The van der Waals surface area contributed by atoms with E-state index in [0.29, 0.717) is 22.0 Å². The summed E-state index contributed by atoms with van der Waals surface area (Å²) < 4.78 is 0. The van der Waals surface area contributed by atoms with Crippen LogP contribution in [0.3, 0.4) is 0 Å². The zero-order valence-electron chi connectivity index (χ0n) is 17.6. The van der Waals surface area contributed by atoms with E-state index in [1.807, 2.05) is 12.1 Å². The van der Waals surface area contributed by atoms with Gasteiger partial charge in [-0.1, -0.05) is 19.9 Å². The van der Waals surface area contributed by atoms with Gasteiger partial charge in [0.05, 0.1) is 11.7 Å². The molecule has 31 heavy (non-hydrogen) atoms. The second-order valence-corrected chi connectivity index (χ2v) is 8.56. The Morgan fingerprint density at radius 2 is 1.97 bits per heavy atom. The molecule has 8 nitrogen and oxygen atoms in total. The van der Waals surface area contributed by atoms with Crippen LogP contribution < -0.4 is 10.2 Å². The molecule has 158 valence electrons. The number of nitrogens with one attached hydrogen (secondary N) is 1. The second-order valence-electron chi connectivity index (χ2n) is 8.56. The van der Waals surface area contributed by atoms with Crippen molar-refractivity contribution in [3.05, 3.63) is 53.6 Å². The van der Waals surface area contributed by atoms with Crippen molar-refractivity contribution in [1.82, 2.24) is 20.3 Å². The van der Waals surface area contributed by atoms with Crippen LogP contribution in [0.4, 0.5) is 5.82 Å². The van der Waals surface area contributed by atoms with E-state index in [9.17, 15) is 9.90 Å². The third-order valence-electron chi connectivity index (χ3n) is 5.75. The summed E-state index contributed by atoms with van der Waals surface area (Å²) in [4.78, 5) is 27.6. The largest absolute Gasteiger partial charge is 0.505 e. The van der Waals surface area contributed by atoms with E-state index < -0.39 is 5.91 Å². The van der Waals surface area contributed by atoms with E-state index in [1.54, 1.807) is 18.2 Å². The van der Waals surface area contributed by atoms with Crippen LogP contribution in [0, 0.1) is 16.7 Å². The summed E-state index contributed by atoms with van der Waals surface area (Å²) in [6.07, 6.45) is 5.25. The number of hydrogen-bond donors (Lipinski definition) is 2.